The predicted molar refractivity (Wildman–Crippen MR) is 95.1 cm³/mol. The van der Waals surface area contributed by atoms with Crippen molar-refractivity contribution in [2.45, 2.75) is 11.5 Å². The topological polar surface area (TPSA) is 81.9 Å². The summed E-state index contributed by atoms with van der Waals surface area (Å²) in [6, 6.07) is 7.55. The quantitative estimate of drug-likeness (QED) is 0.776. The predicted octanol–water partition coefficient (Wildman–Crippen LogP) is 2.67. The molecule has 0 aliphatic carbocycles. The molecule has 0 saturated carbocycles. The molecule has 1 aliphatic rings. The van der Waals surface area contributed by atoms with Crippen LogP contribution in [0.4, 0.5) is 5.82 Å². The zero-order valence-electron chi connectivity index (χ0n) is 13.5. The zero-order valence-corrected chi connectivity index (χ0v) is 14.3. The van der Waals surface area contributed by atoms with E-state index in [1.807, 2.05) is 24.3 Å². The van der Waals surface area contributed by atoms with Crippen LogP contribution in [0.15, 0.2) is 42.9 Å². The lowest BCUT2D eigenvalue weighted by atomic mass is 10.2. The number of ether oxygens (including phenoxy) is 1. The van der Waals surface area contributed by atoms with Gasteiger partial charge < -0.3 is 10.1 Å². The van der Waals surface area contributed by atoms with Crippen molar-refractivity contribution in [2.24, 2.45) is 0 Å². The molecule has 0 atom stereocenters. The number of thioether (sulfide) groups is 1. The first-order valence-corrected chi connectivity index (χ1v) is 8.82. The highest BCUT2D eigenvalue weighted by Gasteiger charge is 2.25. The number of amides is 1. The van der Waals surface area contributed by atoms with E-state index >= 15 is 0 Å². The van der Waals surface area contributed by atoms with Crippen LogP contribution in [0.2, 0.25) is 0 Å². The highest BCUT2D eigenvalue weighted by Crippen LogP contribution is 2.36. The number of anilines is 1. The number of carbonyl (C=O) groups excluding carboxylic acids is 1. The van der Waals surface area contributed by atoms with E-state index in [-0.39, 0.29) is 11.6 Å². The van der Waals surface area contributed by atoms with Gasteiger partial charge in [-0.2, -0.15) is 16.9 Å². The Labute approximate surface area is 148 Å². The lowest BCUT2D eigenvalue weighted by Crippen LogP contribution is -2.17. The molecule has 3 heterocycles. The molecule has 2 aromatic heterocycles. The van der Waals surface area contributed by atoms with Crippen LogP contribution in [0.1, 0.15) is 21.7 Å². The molecule has 1 aromatic carbocycles. The molecular weight excluding hydrogens is 338 g/mol. The van der Waals surface area contributed by atoms with E-state index < -0.39 is 0 Å². The molecule has 3 aromatic rings. The zero-order chi connectivity index (χ0) is 17.2. The molecule has 1 amide bonds. The summed E-state index contributed by atoms with van der Waals surface area (Å²) in [7, 11) is 1.63. The Hall–Kier alpha value is -2.87. The van der Waals surface area contributed by atoms with Crippen molar-refractivity contribution in [3.63, 3.8) is 0 Å². The second-order valence-corrected chi connectivity index (χ2v) is 6.41. The van der Waals surface area contributed by atoms with Gasteiger partial charge in [-0.1, -0.05) is 0 Å². The highest BCUT2D eigenvalue weighted by molar-refractivity contribution is 7.98. The minimum Gasteiger partial charge on any atom is -0.497 e. The Morgan fingerprint density at radius 3 is 2.80 bits per heavy atom. The van der Waals surface area contributed by atoms with E-state index in [1.54, 1.807) is 23.6 Å². The number of methoxy groups -OCH3 is 1. The molecule has 8 heteroatoms. The summed E-state index contributed by atoms with van der Waals surface area (Å²) in [5.74, 6) is 2.81. The number of hydrogen-bond acceptors (Lipinski definition) is 6. The Balaban J connectivity index is 1.72. The maximum atomic E-state index is 12.5. The number of rotatable bonds is 4. The van der Waals surface area contributed by atoms with Gasteiger partial charge in [0.25, 0.3) is 5.91 Å². The standard InChI is InChI=1S/C17H15N5O2S/c1-24-12-4-2-11(3-5-12)22-16(13-9-25-10-15(13)21-22)20-17(23)14-8-18-6-7-19-14/h2-8H,9-10H2,1H3,(H,20,23). The van der Waals surface area contributed by atoms with Gasteiger partial charge in [0.1, 0.15) is 17.3 Å². The van der Waals surface area contributed by atoms with Crippen LogP contribution in [0.5, 0.6) is 5.75 Å². The molecule has 25 heavy (non-hydrogen) atoms. The van der Waals surface area contributed by atoms with Crippen molar-refractivity contribution >= 4 is 23.5 Å². The average Bonchev–Trinajstić information content (AvgIpc) is 3.25. The molecule has 7 nitrogen and oxygen atoms in total. The normalized spacial score (nSPS) is 12.7. The number of carbonyl (C=O) groups is 1. The summed E-state index contributed by atoms with van der Waals surface area (Å²) in [4.78, 5) is 20.5. The third-order valence-corrected chi connectivity index (χ3v) is 4.87. The second kappa shape index (κ2) is 6.56. The lowest BCUT2D eigenvalue weighted by molar-refractivity contribution is 0.102. The summed E-state index contributed by atoms with van der Waals surface area (Å²) in [5, 5.41) is 7.62. The van der Waals surface area contributed by atoms with Crippen LogP contribution in [0.25, 0.3) is 5.69 Å². The molecule has 0 spiro atoms. The SMILES string of the molecule is COc1ccc(-n2nc3c(c2NC(=O)c2cnccn2)CSC3)cc1. The molecule has 1 aliphatic heterocycles. The van der Waals surface area contributed by atoms with Gasteiger partial charge in [0.2, 0.25) is 0 Å². The summed E-state index contributed by atoms with van der Waals surface area (Å²) in [6.07, 6.45) is 4.47. The van der Waals surface area contributed by atoms with Crippen molar-refractivity contribution in [1.82, 2.24) is 19.7 Å². The summed E-state index contributed by atoms with van der Waals surface area (Å²) >= 11 is 1.78. The number of fused-ring (bicyclic) bond motifs is 1. The van der Waals surface area contributed by atoms with Crippen LogP contribution in [-0.2, 0) is 11.5 Å². The van der Waals surface area contributed by atoms with Crippen LogP contribution < -0.4 is 10.1 Å². The number of benzene rings is 1. The van der Waals surface area contributed by atoms with Crippen molar-refractivity contribution < 1.29 is 9.53 Å². The van der Waals surface area contributed by atoms with Gasteiger partial charge in [-0.15, -0.1) is 0 Å². The average molecular weight is 353 g/mol. The number of aromatic nitrogens is 4. The van der Waals surface area contributed by atoms with Crippen molar-refractivity contribution in [2.75, 3.05) is 12.4 Å². The molecule has 1 N–H and O–H groups in total. The molecule has 0 radical (unpaired) electrons. The van der Waals surface area contributed by atoms with Crippen molar-refractivity contribution in [3.05, 3.63) is 59.8 Å². The maximum absolute atomic E-state index is 12.5. The minimum atomic E-state index is -0.303. The summed E-state index contributed by atoms with van der Waals surface area (Å²) in [6.45, 7) is 0. The third-order valence-electron chi connectivity index (χ3n) is 3.90. The molecule has 126 valence electrons. The maximum Gasteiger partial charge on any atom is 0.277 e. The van der Waals surface area contributed by atoms with E-state index in [0.29, 0.717) is 5.82 Å². The Morgan fingerprint density at radius 1 is 1.24 bits per heavy atom. The third kappa shape index (κ3) is 2.96. The van der Waals surface area contributed by atoms with Gasteiger partial charge in [0.15, 0.2) is 0 Å². The van der Waals surface area contributed by atoms with Crippen LogP contribution in [-0.4, -0.2) is 32.8 Å². The van der Waals surface area contributed by atoms with Gasteiger partial charge >= 0.3 is 0 Å². The van der Waals surface area contributed by atoms with Gasteiger partial charge in [0, 0.05) is 29.5 Å². The van der Waals surface area contributed by atoms with Crippen LogP contribution in [0, 0.1) is 0 Å². The fourth-order valence-corrected chi connectivity index (χ4v) is 3.67. The van der Waals surface area contributed by atoms with Crippen molar-refractivity contribution in [1.29, 1.82) is 0 Å². The largest absolute Gasteiger partial charge is 0.497 e. The van der Waals surface area contributed by atoms with E-state index in [2.05, 4.69) is 20.4 Å². The number of nitrogens with zero attached hydrogens (tertiary/aromatic N) is 4. The Morgan fingerprint density at radius 2 is 2.08 bits per heavy atom. The van der Waals surface area contributed by atoms with E-state index in [4.69, 9.17) is 4.74 Å². The van der Waals surface area contributed by atoms with Gasteiger partial charge in [-0.05, 0) is 24.3 Å². The molecule has 4 rings (SSSR count). The Bertz CT molecular complexity index is 909. The molecule has 0 fully saturated rings. The summed E-state index contributed by atoms with van der Waals surface area (Å²) < 4.78 is 6.96. The smallest absolute Gasteiger partial charge is 0.277 e. The first kappa shape index (κ1) is 15.6. The lowest BCUT2D eigenvalue weighted by Gasteiger charge is -2.11. The first-order valence-electron chi connectivity index (χ1n) is 7.66. The van der Waals surface area contributed by atoms with Crippen LogP contribution in [0.3, 0.4) is 0 Å². The summed E-state index contributed by atoms with van der Waals surface area (Å²) in [5.41, 5.74) is 3.17. The fourth-order valence-electron chi connectivity index (χ4n) is 2.64. The molecule has 0 unspecified atom stereocenters. The van der Waals surface area contributed by atoms with E-state index in [1.165, 1.54) is 18.6 Å². The first-order chi connectivity index (χ1) is 12.3. The molecule has 0 bridgehead atoms. The molecule has 0 saturated heterocycles. The van der Waals surface area contributed by atoms with E-state index in [9.17, 15) is 4.79 Å². The van der Waals surface area contributed by atoms with Gasteiger partial charge in [-0.3, -0.25) is 9.78 Å². The Kier molecular flexibility index (Phi) is 4.10. The second-order valence-electron chi connectivity index (χ2n) is 5.42. The van der Waals surface area contributed by atoms with Crippen molar-refractivity contribution in [3.8, 4) is 11.4 Å². The van der Waals surface area contributed by atoms with Gasteiger partial charge in [0.05, 0.1) is 24.7 Å². The number of hydrogen-bond donors (Lipinski definition) is 1. The monoisotopic (exact) mass is 353 g/mol. The molecular formula is C17H15N5O2S. The highest BCUT2D eigenvalue weighted by atomic mass is 32.2. The minimum absolute atomic E-state index is 0.268. The van der Waals surface area contributed by atoms with E-state index in [0.717, 1.165) is 34.2 Å². The number of nitrogens with one attached hydrogen (secondary N) is 1. The van der Waals surface area contributed by atoms with Gasteiger partial charge in [-0.25, -0.2) is 9.67 Å². The van der Waals surface area contributed by atoms with Crippen LogP contribution >= 0.6 is 11.8 Å². The fraction of sp³-hybridized carbons (Fsp3) is 0.176.